The summed E-state index contributed by atoms with van der Waals surface area (Å²) in [7, 11) is 0. The van der Waals surface area contributed by atoms with E-state index in [2.05, 4.69) is 62.0 Å². The number of nitrogens with zero attached hydrogens (tertiary/aromatic N) is 10. The maximum atomic E-state index is 4.59. The molecule has 0 fully saturated rings. The second-order valence-corrected chi connectivity index (χ2v) is 10.5. The zero-order chi connectivity index (χ0) is 31.8. The number of rotatable bonds is 8. The summed E-state index contributed by atoms with van der Waals surface area (Å²) in [6, 6.07) is 29.6. The Morgan fingerprint density at radius 3 is 1.43 bits per heavy atom. The zero-order valence-corrected chi connectivity index (χ0v) is 30.3. The van der Waals surface area contributed by atoms with Crippen LogP contribution in [0, 0.1) is 19.1 Å². The molecule has 0 atom stereocenters. The van der Waals surface area contributed by atoms with Crippen molar-refractivity contribution < 1.29 is 44.8 Å². The first kappa shape index (κ1) is 35.4. The van der Waals surface area contributed by atoms with Gasteiger partial charge in [0.25, 0.3) is 0 Å². The summed E-state index contributed by atoms with van der Waals surface area (Å²) in [5.74, 6) is 1.28. The fourth-order valence-corrected chi connectivity index (χ4v) is 4.85. The quantitative estimate of drug-likeness (QED) is 0.146. The minimum absolute atomic E-state index is 0. The maximum absolute atomic E-state index is 4.59. The second-order valence-electron chi connectivity index (χ2n) is 10.5. The number of pyridine rings is 2. The van der Waals surface area contributed by atoms with Crippen molar-refractivity contribution in [2.45, 2.75) is 19.8 Å². The second kappa shape index (κ2) is 16.9. The van der Waals surface area contributed by atoms with Gasteiger partial charge in [-0.25, -0.2) is 31.3 Å². The number of aromatic nitrogens is 10. The van der Waals surface area contributed by atoms with Gasteiger partial charge in [0.15, 0.2) is 0 Å². The van der Waals surface area contributed by atoms with E-state index in [1.54, 1.807) is 43.4 Å². The van der Waals surface area contributed by atoms with Crippen molar-refractivity contribution in [3.05, 3.63) is 157 Å². The van der Waals surface area contributed by atoms with Crippen LogP contribution in [0.2, 0.25) is 0 Å². The first-order valence-corrected chi connectivity index (χ1v) is 14.9. The minimum Gasteiger partial charge on any atom is -0.720 e. The topological polar surface area (TPSA) is 134 Å². The molecule has 0 amide bonds. The Morgan fingerprint density at radius 1 is 0.510 bits per heavy atom. The maximum Gasteiger partial charge on any atom is 3.00 e. The fourth-order valence-electron chi connectivity index (χ4n) is 4.85. The Bertz CT molecular complexity index is 2100. The molecule has 8 aromatic rings. The molecule has 0 spiro atoms. The molecular weight excluding hydrogens is 978 g/mol. The van der Waals surface area contributed by atoms with Crippen molar-refractivity contribution in [1.29, 1.82) is 0 Å². The Kier molecular flexibility index (Phi) is 12.2. The molecule has 0 aliphatic heterocycles. The van der Waals surface area contributed by atoms with E-state index >= 15 is 0 Å². The van der Waals surface area contributed by atoms with Crippen molar-refractivity contribution >= 4 is 0 Å². The average Bonchev–Trinajstić information content (AvgIpc) is 3.94. The molecule has 8 aromatic heterocycles. The molecule has 0 N–H and O–H groups in total. The molecule has 0 unspecified atom stereocenters. The van der Waals surface area contributed by atoms with Crippen LogP contribution >= 0.6 is 0 Å². The van der Waals surface area contributed by atoms with Gasteiger partial charge in [0, 0.05) is 23.8 Å². The third kappa shape index (κ3) is 9.15. The molecule has 10 nitrogen and oxygen atoms in total. The van der Waals surface area contributed by atoms with Gasteiger partial charge in [-0.2, -0.15) is 47.5 Å². The summed E-state index contributed by atoms with van der Waals surface area (Å²) < 4.78 is 0. The van der Waals surface area contributed by atoms with Crippen molar-refractivity contribution in [3.63, 3.8) is 0 Å². The molecule has 8 heterocycles. The molecule has 12 heteroatoms. The van der Waals surface area contributed by atoms with E-state index in [-0.39, 0.29) is 44.8 Å². The van der Waals surface area contributed by atoms with E-state index in [4.69, 9.17) is 0 Å². The predicted octanol–water partition coefficient (Wildman–Crippen LogP) is 5.33. The van der Waals surface area contributed by atoms with Gasteiger partial charge in [0.1, 0.15) is 11.6 Å². The van der Waals surface area contributed by atoms with Crippen LogP contribution in [0.5, 0.6) is 0 Å². The summed E-state index contributed by atoms with van der Waals surface area (Å²) in [5.41, 5.74) is 9.60. The Hall–Kier alpha value is -4.94. The Balaban J connectivity index is 0.000000184. The third-order valence-electron chi connectivity index (χ3n) is 7.07. The van der Waals surface area contributed by atoms with E-state index in [1.165, 1.54) is 0 Å². The Labute approximate surface area is 314 Å². The van der Waals surface area contributed by atoms with E-state index in [1.807, 2.05) is 79.7 Å². The molecule has 8 rings (SSSR count). The SMILES string of the molecule is Cc1ccc(-c2[c-]c(Cc3ccnc(-c4ccc[n-]4)n3)ccn2)[n-]1.[Au+3].[Au+3].[c-]1c(Cc2ccnc(-c3ccc[n-]3)n2)ccnc1-c1ccc[n-]1. The summed E-state index contributed by atoms with van der Waals surface area (Å²) in [6.07, 6.45) is 13.6. The van der Waals surface area contributed by atoms with Crippen molar-refractivity contribution in [1.82, 2.24) is 49.8 Å². The normalized spacial score (nSPS) is 10.4. The fraction of sp³-hybridized carbons (Fsp3) is 0.0811. The van der Waals surface area contributed by atoms with Gasteiger partial charge in [-0.05, 0) is 37.4 Å². The Morgan fingerprint density at radius 2 is 0.980 bits per heavy atom. The molecule has 0 saturated carbocycles. The number of hydrogen-bond donors (Lipinski definition) is 0. The van der Waals surface area contributed by atoms with Gasteiger partial charge in [0.2, 0.25) is 0 Å². The number of aryl methyl sites for hydroxylation is 1. The minimum atomic E-state index is 0. The van der Waals surface area contributed by atoms with Crippen LogP contribution in [-0.2, 0) is 57.6 Å². The molecule has 0 aromatic carbocycles. The zero-order valence-electron chi connectivity index (χ0n) is 26.0. The monoisotopic (exact) mass is 1000 g/mol. The molecule has 0 aliphatic rings. The van der Waals surface area contributed by atoms with Gasteiger partial charge < -0.3 is 19.9 Å². The van der Waals surface area contributed by atoms with Crippen LogP contribution in [0.3, 0.4) is 0 Å². The molecule has 0 aliphatic carbocycles. The van der Waals surface area contributed by atoms with Crippen LogP contribution < -0.4 is 19.9 Å². The first-order chi connectivity index (χ1) is 23.2. The smallest absolute Gasteiger partial charge is 0.720 e. The van der Waals surface area contributed by atoms with Crippen LogP contribution in [0.1, 0.15) is 28.2 Å². The average molecular weight is 1000 g/mol. The molecular formula is C37H26Au2N10. The van der Waals surface area contributed by atoms with Crippen LogP contribution in [0.4, 0.5) is 0 Å². The van der Waals surface area contributed by atoms with Crippen molar-refractivity contribution in [2.75, 3.05) is 0 Å². The van der Waals surface area contributed by atoms with Gasteiger partial charge >= 0.3 is 44.8 Å². The first-order valence-electron chi connectivity index (χ1n) is 14.9. The summed E-state index contributed by atoms with van der Waals surface area (Å²) in [5, 5.41) is 0. The summed E-state index contributed by atoms with van der Waals surface area (Å²) in [6.45, 7) is 1.97. The number of hydrogen-bond acceptors (Lipinski definition) is 6. The largest absolute Gasteiger partial charge is 3.00 e. The van der Waals surface area contributed by atoms with Crippen LogP contribution in [0.15, 0.2) is 116 Å². The third-order valence-corrected chi connectivity index (χ3v) is 7.07. The molecule has 49 heavy (non-hydrogen) atoms. The van der Waals surface area contributed by atoms with E-state index in [0.29, 0.717) is 24.5 Å². The molecule has 0 bridgehead atoms. The van der Waals surface area contributed by atoms with Crippen LogP contribution in [-0.4, -0.2) is 29.9 Å². The van der Waals surface area contributed by atoms with E-state index < -0.39 is 0 Å². The molecule has 0 saturated heterocycles. The van der Waals surface area contributed by atoms with E-state index in [9.17, 15) is 0 Å². The van der Waals surface area contributed by atoms with Crippen molar-refractivity contribution in [3.8, 4) is 45.8 Å². The summed E-state index contributed by atoms with van der Waals surface area (Å²) in [4.78, 5) is 43.6. The van der Waals surface area contributed by atoms with E-state index in [0.717, 1.165) is 62.4 Å². The van der Waals surface area contributed by atoms with Gasteiger partial charge in [-0.3, -0.25) is 9.97 Å². The standard InChI is InChI=1S/C19H14N5.C18H12N5.2Au/c1-13-4-5-16(23-13)18-12-14(6-9-21-18)11-15-7-10-22-19(24-15)17-3-2-8-20-17;1-3-15(19-7-1)17-12-13(5-9-21-17)11-14-6-10-22-18(23-14)16-4-2-8-20-16;;/h2-10H,11H2,1H3;1-10H,11H2;;/q2*-3;2*+3. The molecule has 0 radical (unpaired) electrons. The van der Waals surface area contributed by atoms with Gasteiger partial charge in [0.05, 0.1) is 0 Å². The van der Waals surface area contributed by atoms with Gasteiger partial charge in [-0.15, -0.1) is 24.3 Å². The summed E-state index contributed by atoms with van der Waals surface area (Å²) >= 11 is 0. The van der Waals surface area contributed by atoms with Crippen LogP contribution in [0.25, 0.3) is 45.8 Å². The van der Waals surface area contributed by atoms with Crippen molar-refractivity contribution in [2.24, 2.45) is 0 Å². The molecule has 246 valence electrons. The predicted molar refractivity (Wildman–Crippen MR) is 176 cm³/mol. The van der Waals surface area contributed by atoms with Gasteiger partial charge in [-0.1, -0.05) is 66.1 Å².